The normalized spacial score (nSPS) is 18.0. The summed E-state index contributed by atoms with van der Waals surface area (Å²) in [4.78, 5) is 0.364. The van der Waals surface area contributed by atoms with E-state index in [1.54, 1.807) is 16.4 Å². The second-order valence-corrected chi connectivity index (χ2v) is 8.17. The summed E-state index contributed by atoms with van der Waals surface area (Å²) in [5, 5.41) is 0. The molecule has 0 amide bonds. The number of nitrogens with zero attached hydrogens (tertiary/aromatic N) is 1. The summed E-state index contributed by atoms with van der Waals surface area (Å²) in [6, 6.07) is 16.8. The highest BCUT2D eigenvalue weighted by molar-refractivity contribution is 7.89. The Bertz CT molecular complexity index is 795. The van der Waals surface area contributed by atoms with Gasteiger partial charge in [0.25, 0.3) is 0 Å². The van der Waals surface area contributed by atoms with Crippen LogP contribution in [0.5, 0.6) is 0 Å². The lowest BCUT2D eigenvalue weighted by molar-refractivity contribution is 0.330. The third-order valence-electron chi connectivity index (χ3n) is 4.41. The van der Waals surface area contributed by atoms with Crippen molar-refractivity contribution >= 4 is 10.0 Å². The third-order valence-corrected chi connectivity index (χ3v) is 6.29. The molecule has 0 saturated carbocycles. The molecule has 24 heavy (non-hydrogen) atoms. The average Bonchev–Trinajstić information content (AvgIpc) is 2.61. The van der Waals surface area contributed by atoms with E-state index in [9.17, 15) is 8.42 Å². The van der Waals surface area contributed by atoms with Crippen molar-refractivity contribution in [1.82, 2.24) is 4.31 Å². The molecule has 0 radical (unpaired) electrons. The van der Waals surface area contributed by atoms with Gasteiger partial charge < -0.3 is 0 Å². The topological polar surface area (TPSA) is 37.4 Å². The first-order chi connectivity index (χ1) is 11.6. The maximum absolute atomic E-state index is 13.2. The maximum Gasteiger partial charge on any atom is 0.243 e. The van der Waals surface area contributed by atoms with Crippen LogP contribution in [0.4, 0.5) is 0 Å². The fraction of sp³-hybridized carbons (Fsp3) is 0.300. The molecule has 0 N–H and O–H groups in total. The minimum atomic E-state index is -3.53. The fourth-order valence-corrected chi connectivity index (χ4v) is 4.63. The van der Waals surface area contributed by atoms with Crippen molar-refractivity contribution in [2.24, 2.45) is 0 Å². The zero-order valence-corrected chi connectivity index (χ0v) is 14.7. The van der Waals surface area contributed by atoms with Crippen molar-refractivity contribution < 1.29 is 8.42 Å². The molecule has 1 aliphatic carbocycles. The van der Waals surface area contributed by atoms with Gasteiger partial charge in [0, 0.05) is 12.6 Å². The van der Waals surface area contributed by atoms with Gasteiger partial charge in [0.2, 0.25) is 10.0 Å². The monoisotopic (exact) mass is 341 g/mol. The summed E-state index contributed by atoms with van der Waals surface area (Å²) in [6.07, 6.45) is 7.06. The van der Waals surface area contributed by atoms with E-state index in [1.165, 1.54) is 0 Å². The number of aryl methyl sites for hydroxylation is 1. The third kappa shape index (κ3) is 3.77. The van der Waals surface area contributed by atoms with E-state index in [0.29, 0.717) is 11.4 Å². The van der Waals surface area contributed by atoms with Gasteiger partial charge >= 0.3 is 0 Å². The minimum absolute atomic E-state index is 0.0785. The van der Waals surface area contributed by atoms with Crippen LogP contribution in [-0.4, -0.2) is 18.8 Å². The summed E-state index contributed by atoms with van der Waals surface area (Å²) in [5.41, 5.74) is 2.06. The number of allylic oxidation sites excluding steroid dienone is 1. The van der Waals surface area contributed by atoms with Crippen molar-refractivity contribution in [3.63, 3.8) is 0 Å². The summed E-state index contributed by atoms with van der Waals surface area (Å²) in [6.45, 7) is 2.36. The molecule has 0 aromatic heterocycles. The second-order valence-electron chi connectivity index (χ2n) is 6.28. The largest absolute Gasteiger partial charge is 0.243 e. The first kappa shape index (κ1) is 16.9. The van der Waals surface area contributed by atoms with Gasteiger partial charge in [-0.15, -0.1) is 0 Å². The molecule has 0 bridgehead atoms. The summed E-state index contributed by atoms with van der Waals surface area (Å²) >= 11 is 0. The average molecular weight is 341 g/mol. The van der Waals surface area contributed by atoms with Crippen LogP contribution in [-0.2, 0) is 16.6 Å². The van der Waals surface area contributed by atoms with Gasteiger partial charge in [-0.1, -0.05) is 60.2 Å². The van der Waals surface area contributed by atoms with Crippen LogP contribution in [0, 0.1) is 6.92 Å². The molecule has 1 unspecified atom stereocenters. The molecular formula is C20H23NO2S. The van der Waals surface area contributed by atoms with E-state index in [2.05, 4.69) is 6.08 Å². The fourth-order valence-electron chi connectivity index (χ4n) is 3.02. The lowest BCUT2D eigenvalue weighted by Gasteiger charge is -2.30. The Morgan fingerprint density at radius 1 is 1.04 bits per heavy atom. The lowest BCUT2D eigenvalue weighted by atomic mass is 10.0. The highest BCUT2D eigenvalue weighted by Crippen LogP contribution is 2.26. The zero-order chi connectivity index (χ0) is 17.0. The predicted octanol–water partition coefficient (Wildman–Crippen LogP) is 4.29. The van der Waals surface area contributed by atoms with Crippen LogP contribution < -0.4 is 0 Å². The van der Waals surface area contributed by atoms with Crippen molar-refractivity contribution in [3.05, 3.63) is 77.9 Å². The van der Waals surface area contributed by atoms with Crippen LogP contribution >= 0.6 is 0 Å². The smallest absolute Gasteiger partial charge is 0.207 e. The SMILES string of the molecule is Cc1ccc(S(=O)(=O)N(Cc2ccccc2)C2C=CCCC2)cc1. The lowest BCUT2D eigenvalue weighted by Crippen LogP contribution is -2.39. The molecular weight excluding hydrogens is 318 g/mol. The highest BCUT2D eigenvalue weighted by Gasteiger charge is 2.30. The van der Waals surface area contributed by atoms with E-state index >= 15 is 0 Å². The van der Waals surface area contributed by atoms with E-state index < -0.39 is 10.0 Å². The van der Waals surface area contributed by atoms with Gasteiger partial charge in [0.15, 0.2) is 0 Å². The van der Waals surface area contributed by atoms with Gasteiger partial charge in [-0.05, 0) is 43.9 Å². The number of benzene rings is 2. The van der Waals surface area contributed by atoms with Crippen LogP contribution in [0.3, 0.4) is 0 Å². The Labute approximate surface area is 144 Å². The summed E-state index contributed by atoms with van der Waals surface area (Å²) in [5.74, 6) is 0. The maximum atomic E-state index is 13.2. The quantitative estimate of drug-likeness (QED) is 0.761. The van der Waals surface area contributed by atoms with Crippen LogP contribution in [0.25, 0.3) is 0 Å². The Hall–Kier alpha value is -1.91. The Morgan fingerprint density at radius 3 is 2.38 bits per heavy atom. The predicted molar refractivity (Wildman–Crippen MR) is 97.1 cm³/mol. The summed E-state index contributed by atoms with van der Waals surface area (Å²) < 4.78 is 28.1. The van der Waals surface area contributed by atoms with Crippen LogP contribution in [0.2, 0.25) is 0 Å². The molecule has 2 aromatic rings. The number of rotatable bonds is 5. The van der Waals surface area contributed by atoms with E-state index in [-0.39, 0.29) is 6.04 Å². The number of hydrogen-bond donors (Lipinski definition) is 0. The van der Waals surface area contributed by atoms with E-state index in [1.807, 2.05) is 55.5 Å². The van der Waals surface area contributed by atoms with E-state index in [4.69, 9.17) is 0 Å². The molecule has 3 rings (SSSR count). The van der Waals surface area contributed by atoms with Gasteiger partial charge in [0.1, 0.15) is 0 Å². The Morgan fingerprint density at radius 2 is 1.75 bits per heavy atom. The molecule has 0 saturated heterocycles. The van der Waals surface area contributed by atoms with E-state index in [0.717, 1.165) is 30.4 Å². The summed E-state index contributed by atoms with van der Waals surface area (Å²) in [7, 11) is -3.53. The standard InChI is InChI=1S/C20H23NO2S/c1-17-12-14-20(15-13-17)24(22,23)21(19-10-6-3-7-11-19)16-18-8-4-2-5-9-18/h2,4-6,8-10,12-15,19H,3,7,11,16H2,1H3. The molecule has 1 aliphatic rings. The van der Waals surface area contributed by atoms with Gasteiger partial charge in [0.05, 0.1) is 4.90 Å². The highest BCUT2D eigenvalue weighted by atomic mass is 32.2. The van der Waals surface area contributed by atoms with Crippen molar-refractivity contribution in [3.8, 4) is 0 Å². The van der Waals surface area contributed by atoms with Crippen LogP contribution in [0.1, 0.15) is 30.4 Å². The molecule has 4 heteroatoms. The van der Waals surface area contributed by atoms with Crippen molar-refractivity contribution in [2.75, 3.05) is 0 Å². The van der Waals surface area contributed by atoms with Gasteiger partial charge in [-0.25, -0.2) is 8.42 Å². The molecule has 3 nitrogen and oxygen atoms in total. The van der Waals surface area contributed by atoms with Crippen LogP contribution in [0.15, 0.2) is 71.6 Å². The molecule has 0 fully saturated rings. The van der Waals surface area contributed by atoms with Gasteiger partial charge in [-0.2, -0.15) is 4.31 Å². The number of sulfonamides is 1. The second kappa shape index (κ2) is 7.32. The Kier molecular flexibility index (Phi) is 5.17. The van der Waals surface area contributed by atoms with Crippen molar-refractivity contribution in [1.29, 1.82) is 0 Å². The number of hydrogen-bond acceptors (Lipinski definition) is 2. The van der Waals surface area contributed by atoms with Crippen molar-refractivity contribution in [2.45, 2.75) is 43.7 Å². The first-order valence-electron chi connectivity index (χ1n) is 8.36. The molecule has 126 valence electrons. The molecule has 2 aromatic carbocycles. The minimum Gasteiger partial charge on any atom is -0.207 e. The molecule has 0 spiro atoms. The molecule has 1 atom stereocenters. The molecule has 0 aliphatic heterocycles. The Balaban J connectivity index is 1.98. The first-order valence-corrected chi connectivity index (χ1v) is 9.80. The van der Waals surface area contributed by atoms with Gasteiger partial charge in [-0.3, -0.25) is 0 Å². The zero-order valence-electron chi connectivity index (χ0n) is 13.9. The molecule has 0 heterocycles.